The molecule has 0 aliphatic heterocycles. The molecule has 0 atom stereocenters. The van der Waals surface area contributed by atoms with Crippen LogP contribution in [0.1, 0.15) is 10.4 Å². The van der Waals surface area contributed by atoms with Crippen LogP contribution in [-0.4, -0.2) is 17.1 Å². The van der Waals surface area contributed by atoms with E-state index in [4.69, 9.17) is 5.73 Å². The van der Waals surface area contributed by atoms with E-state index in [1.54, 1.807) is 17.8 Å². The molecule has 3 N–H and O–H groups in total. The van der Waals surface area contributed by atoms with Gasteiger partial charge in [0.15, 0.2) is 0 Å². The summed E-state index contributed by atoms with van der Waals surface area (Å²) in [6, 6.07) is 11.3. The first kappa shape index (κ1) is 14.9. The van der Waals surface area contributed by atoms with Crippen LogP contribution in [0.25, 0.3) is 0 Å². The maximum absolute atomic E-state index is 12.1. The lowest BCUT2D eigenvalue weighted by Gasteiger charge is -2.07. The Labute approximate surface area is 125 Å². The lowest BCUT2D eigenvalue weighted by Crippen LogP contribution is -2.12. The number of benzene rings is 2. The van der Waals surface area contributed by atoms with E-state index >= 15 is 0 Å². The number of carbonyl (C=O) groups excluding carboxylic acids is 1. The van der Waals surface area contributed by atoms with Crippen molar-refractivity contribution in [3.63, 3.8) is 0 Å². The van der Waals surface area contributed by atoms with Crippen molar-refractivity contribution in [2.75, 3.05) is 17.3 Å². The van der Waals surface area contributed by atoms with Crippen molar-refractivity contribution in [3.05, 3.63) is 58.1 Å². The normalized spacial score (nSPS) is 10.1. The largest absolute Gasteiger partial charge is 0.393 e. The third-order valence-electron chi connectivity index (χ3n) is 2.81. The molecule has 2 aromatic carbocycles. The van der Waals surface area contributed by atoms with E-state index in [0.717, 1.165) is 4.90 Å². The molecule has 1 amide bonds. The smallest absolute Gasteiger partial charge is 0.292 e. The minimum Gasteiger partial charge on any atom is -0.393 e. The molecule has 6 nitrogen and oxygen atoms in total. The van der Waals surface area contributed by atoms with Crippen LogP contribution in [0.15, 0.2) is 47.4 Å². The number of carbonyl (C=O) groups is 1. The molecule has 0 aromatic heterocycles. The van der Waals surface area contributed by atoms with Crippen molar-refractivity contribution in [1.29, 1.82) is 0 Å². The van der Waals surface area contributed by atoms with E-state index in [9.17, 15) is 14.9 Å². The highest BCUT2D eigenvalue weighted by molar-refractivity contribution is 7.98. The number of nitrogens with zero attached hydrogens (tertiary/aromatic N) is 1. The fourth-order valence-electron chi connectivity index (χ4n) is 1.77. The van der Waals surface area contributed by atoms with Gasteiger partial charge >= 0.3 is 0 Å². The number of nitrogens with one attached hydrogen (secondary N) is 1. The van der Waals surface area contributed by atoms with E-state index in [0.29, 0.717) is 5.69 Å². The highest BCUT2D eigenvalue weighted by Gasteiger charge is 2.14. The monoisotopic (exact) mass is 303 g/mol. The molecule has 0 unspecified atom stereocenters. The summed E-state index contributed by atoms with van der Waals surface area (Å²) in [5.41, 5.74) is 6.25. The summed E-state index contributed by atoms with van der Waals surface area (Å²) in [5, 5.41) is 13.4. The molecular formula is C14H13N3O3S. The summed E-state index contributed by atoms with van der Waals surface area (Å²) in [7, 11) is 0. The van der Waals surface area contributed by atoms with E-state index in [1.807, 2.05) is 24.5 Å². The van der Waals surface area contributed by atoms with Gasteiger partial charge in [-0.25, -0.2) is 0 Å². The molecule has 0 spiro atoms. The number of nitro benzene ring substituents is 1. The van der Waals surface area contributed by atoms with Gasteiger partial charge in [0.25, 0.3) is 11.6 Å². The maximum atomic E-state index is 12.1. The van der Waals surface area contributed by atoms with Crippen molar-refractivity contribution in [2.45, 2.75) is 4.90 Å². The Kier molecular flexibility index (Phi) is 4.44. The van der Waals surface area contributed by atoms with Gasteiger partial charge < -0.3 is 11.1 Å². The van der Waals surface area contributed by atoms with Gasteiger partial charge in [0.2, 0.25) is 0 Å². The number of hydrogen-bond donors (Lipinski definition) is 2. The Morgan fingerprint density at radius 1 is 1.29 bits per heavy atom. The first-order valence-corrected chi connectivity index (χ1v) is 7.23. The Hall–Kier alpha value is -2.54. The summed E-state index contributed by atoms with van der Waals surface area (Å²) in [6.45, 7) is 0. The second-order valence-electron chi connectivity index (χ2n) is 4.22. The minimum absolute atomic E-state index is 0.0366. The van der Waals surface area contributed by atoms with Crippen LogP contribution in [0, 0.1) is 10.1 Å². The van der Waals surface area contributed by atoms with Gasteiger partial charge in [0.05, 0.1) is 4.92 Å². The first-order valence-electron chi connectivity index (χ1n) is 6.00. The van der Waals surface area contributed by atoms with Gasteiger partial charge in [-0.1, -0.05) is 6.07 Å². The quantitative estimate of drug-likeness (QED) is 0.391. The molecule has 0 radical (unpaired) electrons. The van der Waals surface area contributed by atoms with Crippen molar-refractivity contribution >= 4 is 34.7 Å². The molecule has 0 aliphatic rings. The SMILES string of the molecule is CSc1cccc(NC(=O)c2ccc([N+](=O)[O-])c(N)c2)c1. The number of nitrogen functional groups attached to an aromatic ring is 1. The predicted octanol–water partition coefficient (Wildman–Crippen LogP) is 3.15. The van der Waals surface area contributed by atoms with Crippen LogP contribution < -0.4 is 11.1 Å². The zero-order chi connectivity index (χ0) is 15.4. The number of nitrogens with two attached hydrogens (primary N) is 1. The minimum atomic E-state index is -0.584. The van der Waals surface area contributed by atoms with Crippen molar-refractivity contribution < 1.29 is 9.72 Å². The van der Waals surface area contributed by atoms with E-state index in [-0.39, 0.29) is 22.8 Å². The van der Waals surface area contributed by atoms with Crippen LogP contribution in [0.3, 0.4) is 0 Å². The molecular weight excluding hydrogens is 290 g/mol. The number of rotatable bonds is 4. The van der Waals surface area contributed by atoms with Gasteiger partial charge in [-0.3, -0.25) is 14.9 Å². The van der Waals surface area contributed by atoms with Crippen molar-refractivity contribution in [3.8, 4) is 0 Å². The summed E-state index contributed by atoms with van der Waals surface area (Å²) >= 11 is 1.57. The number of anilines is 2. The highest BCUT2D eigenvalue weighted by Crippen LogP contribution is 2.23. The lowest BCUT2D eigenvalue weighted by molar-refractivity contribution is -0.383. The van der Waals surface area contributed by atoms with Gasteiger partial charge in [-0.2, -0.15) is 0 Å². The number of amides is 1. The second kappa shape index (κ2) is 6.27. The number of thioether (sulfide) groups is 1. The van der Waals surface area contributed by atoms with Gasteiger partial charge in [0.1, 0.15) is 5.69 Å². The van der Waals surface area contributed by atoms with Gasteiger partial charge in [0, 0.05) is 22.2 Å². The molecule has 0 bridgehead atoms. The van der Waals surface area contributed by atoms with Crippen LogP contribution in [-0.2, 0) is 0 Å². The maximum Gasteiger partial charge on any atom is 0.292 e. The van der Waals surface area contributed by atoms with E-state index in [2.05, 4.69) is 5.32 Å². The summed E-state index contributed by atoms with van der Waals surface area (Å²) < 4.78 is 0. The van der Waals surface area contributed by atoms with Crippen molar-refractivity contribution in [1.82, 2.24) is 0 Å². The molecule has 7 heteroatoms. The summed E-state index contributed by atoms with van der Waals surface area (Å²) in [5.74, 6) is -0.366. The number of nitro groups is 1. The van der Waals surface area contributed by atoms with Crippen LogP contribution in [0.2, 0.25) is 0 Å². The molecule has 2 rings (SSSR count). The van der Waals surface area contributed by atoms with Gasteiger partial charge in [-0.15, -0.1) is 11.8 Å². The standard InChI is InChI=1S/C14H13N3O3S/c1-21-11-4-2-3-10(8-11)16-14(18)9-5-6-13(17(19)20)12(15)7-9/h2-8H,15H2,1H3,(H,16,18). The summed E-state index contributed by atoms with van der Waals surface area (Å²) in [4.78, 5) is 23.2. The van der Waals surface area contributed by atoms with Crippen LogP contribution >= 0.6 is 11.8 Å². The zero-order valence-corrected chi connectivity index (χ0v) is 12.0. The Morgan fingerprint density at radius 3 is 2.67 bits per heavy atom. The zero-order valence-electron chi connectivity index (χ0n) is 11.2. The Morgan fingerprint density at radius 2 is 2.05 bits per heavy atom. The lowest BCUT2D eigenvalue weighted by atomic mass is 10.1. The topological polar surface area (TPSA) is 98.3 Å². The molecule has 0 heterocycles. The molecule has 21 heavy (non-hydrogen) atoms. The highest BCUT2D eigenvalue weighted by atomic mass is 32.2. The number of hydrogen-bond acceptors (Lipinski definition) is 5. The average molecular weight is 303 g/mol. The molecule has 0 saturated heterocycles. The second-order valence-corrected chi connectivity index (χ2v) is 5.10. The molecule has 0 saturated carbocycles. The third-order valence-corrected chi connectivity index (χ3v) is 3.54. The Balaban J connectivity index is 2.20. The van der Waals surface area contributed by atoms with E-state index < -0.39 is 4.92 Å². The molecule has 0 fully saturated rings. The molecule has 108 valence electrons. The predicted molar refractivity (Wildman–Crippen MR) is 83.7 cm³/mol. The Bertz CT molecular complexity index is 704. The van der Waals surface area contributed by atoms with Crippen LogP contribution in [0.4, 0.5) is 17.1 Å². The van der Waals surface area contributed by atoms with Crippen LogP contribution in [0.5, 0.6) is 0 Å². The van der Waals surface area contributed by atoms with E-state index in [1.165, 1.54) is 18.2 Å². The fraction of sp³-hybridized carbons (Fsp3) is 0.0714. The average Bonchev–Trinajstić information content (AvgIpc) is 2.46. The van der Waals surface area contributed by atoms with Crippen molar-refractivity contribution in [2.24, 2.45) is 0 Å². The third kappa shape index (κ3) is 3.51. The molecule has 2 aromatic rings. The van der Waals surface area contributed by atoms with Gasteiger partial charge in [-0.05, 0) is 36.6 Å². The summed E-state index contributed by atoms with van der Waals surface area (Å²) in [6.07, 6.45) is 1.94. The fourth-order valence-corrected chi connectivity index (χ4v) is 2.23. The molecule has 0 aliphatic carbocycles. The first-order chi connectivity index (χ1) is 10.0.